The standard InChI is InChI=1S/C14H15NO4/c1-3-15-14(17)11-8-13(16)19-12-7-9(18-4-2)5-6-10(11)12/h5-8H,3-4H2,1-2H3,(H,15,17). The molecule has 5 nitrogen and oxygen atoms in total. The smallest absolute Gasteiger partial charge is 0.337 e. The number of carbonyl (C=O) groups is 1. The van der Waals surface area contributed by atoms with Crippen molar-refractivity contribution in [1.82, 2.24) is 5.32 Å². The summed E-state index contributed by atoms with van der Waals surface area (Å²) in [5, 5.41) is 3.26. The molecule has 1 aromatic heterocycles. The molecule has 0 radical (unpaired) electrons. The highest BCUT2D eigenvalue weighted by molar-refractivity contribution is 6.05. The number of fused-ring (bicyclic) bond motifs is 1. The Balaban J connectivity index is 2.59. The van der Waals surface area contributed by atoms with Gasteiger partial charge in [0.05, 0.1) is 12.2 Å². The molecule has 2 rings (SSSR count). The molecule has 100 valence electrons. The average molecular weight is 261 g/mol. The van der Waals surface area contributed by atoms with Crippen LogP contribution >= 0.6 is 0 Å². The van der Waals surface area contributed by atoms with Gasteiger partial charge in [0.15, 0.2) is 0 Å². The van der Waals surface area contributed by atoms with Gasteiger partial charge in [0, 0.05) is 24.1 Å². The van der Waals surface area contributed by atoms with Crippen LogP contribution in [0.15, 0.2) is 33.5 Å². The molecule has 19 heavy (non-hydrogen) atoms. The van der Waals surface area contributed by atoms with Crippen LogP contribution in [0.5, 0.6) is 5.75 Å². The molecule has 0 aliphatic heterocycles. The monoisotopic (exact) mass is 261 g/mol. The Morgan fingerprint density at radius 1 is 1.32 bits per heavy atom. The lowest BCUT2D eigenvalue weighted by atomic mass is 10.1. The third kappa shape index (κ3) is 2.76. The third-order valence-corrected chi connectivity index (χ3v) is 2.61. The lowest BCUT2D eigenvalue weighted by Gasteiger charge is -2.07. The fraction of sp³-hybridized carbons (Fsp3) is 0.286. The summed E-state index contributed by atoms with van der Waals surface area (Å²) in [5.74, 6) is 0.316. The average Bonchev–Trinajstić information content (AvgIpc) is 2.38. The van der Waals surface area contributed by atoms with Crippen molar-refractivity contribution in [3.05, 3.63) is 40.2 Å². The normalized spacial score (nSPS) is 10.4. The third-order valence-electron chi connectivity index (χ3n) is 2.61. The van der Waals surface area contributed by atoms with Crippen molar-refractivity contribution in [3.63, 3.8) is 0 Å². The van der Waals surface area contributed by atoms with Crippen LogP contribution in [-0.4, -0.2) is 19.1 Å². The Morgan fingerprint density at radius 3 is 2.79 bits per heavy atom. The van der Waals surface area contributed by atoms with Gasteiger partial charge >= 0.3 is 5.63 Å². The Labute approximate surface area is 110 Å². The Hall–Kier alpha value is -2.30. The molecule has 1 heterocycles. The lowest BCUT2D eigenvalue weighted by molar-refractivity contribution is 0.0957. The van der Waals surface area contributed by atoms with E-state index < -0.39 is 5.63 Å². The predicted octanol–water partition coefficient (Wildman–Crippen LogP) is 1.94. The number of rotatable bonds is 4. The summed E-state index contributed by atoms with van der Waals surface area (Å²) in [6.07, 6.45) is 0. The van der Waals surface area contributed by atoms with Gasteiger partial charge < -0.3 is 14.5 Å². The van der Waals surface area contributed by atoms with Gasteiger partial charge in [0.2, 0.25) is 0 Å². The Morgan fingerprint density at radius 2 is 2.11 bits per heavy atom. The summed E-state index contributed by atoms with van der Waals surface area (Å²) < 4.78 is 10.4. The maximum absolute atomic E-state index is 11.9. The number of nitrogens with one attached hydrogen (secondary N) is 1. The Kier molecular flexibility index (Phi) is 3.85. The van der Waals surface area contributed by atoms with E-state index in [2.05, 4.69) is 5.32 Å². The van der Waals surface area contributed by atoms with Crippen molar-refractivity contribution in [3.8, 4) is 5.75 Å². The molecule has 0 fully saturated rings. The second-order valence-corrected chi connectivity index (χ2v) is 3.93. The summed E-state index contributed by atoms with van der Waals surface area (Å²) in [4.78, 5) is 23.4. The van der Waals surface area contributed by atoms with Gasteiger partial charge in [-0.25, -0.2) is 4.79 Å². The largest absolute Gasteiger partial charge is 0.494 e. The molecule has 1 N–H and O–H groups in total. The van der Waals surface area contributed by atoms with Gasteiger partial charge in [-0.05, 0) is 26.0 Å². The van der Waals surface area contributed by atoms with Gasteiger partial charge in [-0.2, -0.15) is 0 Å². The van der Waals surface area contributed by atoms with Gasteiger partial charge in [-0.15, -0.1) is 0 Å². The zero-order chi connectivity index (χ0) is 13.8. The number of hydrogen-bond donors (Lipinski definition) is 1. The molecule has 0 aliphatic carbocycles. The van der Waals surface area contributed by atoms with Crippen LogP contribution in [0.4, 0.5) is 0 Å². The fourth-order valence-corrected chi connectivity index (χ4v) is 1.84. The highest BCUT2D eigenvalue weighted by Gasteiger charge is 2.13. The molecule has 1 amide bonds. The fourth-order valence-electron chi connectivity index (χ4n) is 1.84. The van der Waals surface area contributed by atoms with Crippen LogP contribution in [-0.2, 0) is 0 Å². The van der Waals surface area contributed by atoms with E-state index in [0.29, 0.717) is 35.4 Å². The Bertz CT molecular complexity index is 660. The van der Waals surface area contributed by atoms with Crippen molar-refractivity contribution >= 4 is 16.9 Å². The minimum atomic E-state index is -0.553. The van der Waals surface area contributed by atoms with E-state index in [1.54, 1.807) is 18.2 Å². The van der Waals surface area contributed by atoms with E-state index in [9.17, 15) is 9.59 Å². The van der Waals surface area contributed by atoms with Crippen molar-refractivity contribution in [1.29, 1.82) is 0 Å². The predicted molar refractivity (Wildman–Crippen MR) is 71.7 cm³/mol. The van der Waals surface area contributed by atoms with E-state index in [1.807, 2.05) is 13.8 Å². The zero-order valence-corrected chi connectivity index (χ0v) is 10.9. The summed E-state index contributed by atoms with van der Waals surface area (Å²) in [6, 6.07) is 6.28. The quantitative estimate of drug-likeness (QED) is 0.854. The minimum absolute atomic E-state index is 0.287. The second-order valence-electron chi connectivity index (χ2n) is 3.93. The van der Waals surface area contributed by atoms with Gasteiger partial charge in [0.25, 0.3) is 5.91 Å². The highest BCUT2D eigenvalue weighted by Crippen LogP contribution is 2.22. The maximum atomic E-state index is 11.9. The summed E-state index contributed by atoms with van der Waals surface area (Å²) in [5.41, 5.74) is 0.109. The van der Waals surface area contributed by atoms with Crippen LogP contribution in [0.2, 0.25) is 0 Å². The van der Waals surface area contributed by atoms with Crippen LogP contribution in [0, 0.1) is 0 Å². The first kappa shape index (κ1) is 13.1. The van der Waals surface area contributed by atoms with Gasteiger partial charge in [-0.3, -0.25) is 4.79 Å². The SMILES string of the molecule is CCNC(=O)c1cc(=O)oc2cc(OCC)ccc12. The van der Waals surface area contributed by atoms with E-state index in [-0.39, 0.29) is 5.91 Å². The van der Waals surface area contributed by atoms with Crippen LogP contribution in [0.3, 0.4) is 0 Å². The molecule has 5 heteroatoms. The first-order valence-corrected chi connectivity index (χ1v) is 6.14. The van der Waals surface area contributed by atoms with E-state index in [4.69, 9.17) is 9.15 Å². The molecular weight excluding hydrogens is 246 g/mol. The number of hydrogen-bond acceptors (Lipinski definition) is 4. The summed E-state index contributed by atoms with van der Waals surface area (Å²) in [6.45, 7) is 4.70. The molecule has 0 spiro atoms. The highest BCUT2D eigenvalue weighted by atomic mass is 16.5. The zero-order valence-electron chi connectivity index (χ0n) is 10.9. The number of amides is 1. The van der Waals surface area contributed by atoms with Crippen molar-refractivity contribution < 1.29 is 13.9 Å². The van der Waals surface area contributed by atoms with E-state index in [1.165, 1.54) is 6.07 Å². The van der Waals surface area contributed by atoms with Crippen molar-refractivity contribution in [2.75, 3.05) is 13.2 Å². The lowest BCUT2D eigenvalue weighted by Crippen LogP contribution is -2.24. The van der Waals surface area contributed by atoms with E-state index in [0.717, 1.165) is 0 Å². The van der Waals surface area contributed by atoms with Gasteiger partial charge in [0.1, 0.15) is 11.3 Å². The van der Waals surface area contributed by atoms with Crippen LogP contribution < -0.4 is 15.7 Å². The molecule has 2 aromatic rings. The van der Waals surface area contributed by atoms with E-state index >= 15 is 0 Å². The molecule has 0 saturated heterocycles. The maximum Gasteiger partial charge on any atom is 0.337 e. The first-order valence-electron chi connectivity index (χ1n) is 6.14. The first-order chi connectivity index (χ1) is 9.15. The number of ether oxygens (including phenoxy) is 1. The van der Waals surface area contributed by atoms with Crippen molar-refractivity contribution in [2.45, 2.75) is 13.8 Å². The molecule has 0 aliphatic rings. The second kappa shape index (κ2) is 5.56. The summed E-state index contributed by atoms with van der Waals surface area (Å²) in [7, 11) is 0. The molecule has 0 unspecified atom stereocenters. The molecule has 0 atom stereocenters. The number of carbonyl (C=O) groups excluding carboxylic acids is 1. The molecule has 0 bridgehead atoms. The minimum Gasteiger partial charge on any atom is -0.494 e. The van der Waals surface area contributed by atoms with Crippen LogP contribution in [0.25, 0.3) is 11.0 Å². The summed E-state index contributed by atoms with van der Waals surface area (Å²) >= 11 is 0. The molecule has 1 aromatic carbocycles. The topological polar surface area (TPSA) is 68.5 Å². The van der Waals surface area contributed by atoms with Crippen molar-refractivity contribution in [2.24, 2.45) is 0 Å². The molecular formula is C14H15NO4. The van der Waals surface area contributed by atoms with Crippen LogP contribution in [0.1, 0.15) is 24.2 Å². The van der Waals surface area contributed by atoms with Gasteiger partial charge in [-0.1, -0.05) is 0 Å². The number of benzene rings is 1. The molecule has 0 saturated carbocycles.